The van der Waals surface area contributed by atoms with Gasteiger partial charge in [-0.3, -0.25) is 0 Å². The number of hydrogen-bond acceptors (Lipinski definition) is 3. The van der Waals surface area contributed by atoms with Crippen LogP contribution in [0.25, 0.3) is 0 Å². The van der Waals surface area contributed by atoms with Gasteiger partial charge in [-0.1, -0.05) is 12.1 Å². The first kappa shape index (κ1) is 7.36. The van der Waals surface area contributed by atoms with Crippen LogP contribution >= 0.6 is 0 Å². The van der Waals surface area contributed by atoms with Gasteiger partial charge in [0.1, 0.15) is 0 Å². The second-order valence-corrected chi connectivity index (χ2v) is 4.19. The lowest BCUT2D eigenvalue weighted by Crippen LogP contribution is -2.07. The van der Waals surface area contributed by atoms with E-state index >= 15 is 0 Å². The summed E-state index contributed by atoms with van der Waals surface area (Å²) < 4.78 is 22.6. The second kappa shape index (κ2) is 2.35. The highest BCUT2D eigenvalue weighted by Crippen LogP contribution is 2.25. The van der Waals surface area contributed by atoms with Gasteiger partial charge in [-0.05, 0) is 12.1 Å². The molecule has 1 N–H and O–H groups in total. The predicted octanol–water partition coefficient (Wildman–Crippen LogP) is 1.16. The summed E-state index contributed by atoms with van der Waals surface area (Å²) in [7, 11) is -3.24. The van der Waals surface area contributed by atoms with E-state index in [2.05, 4.69) is 11.5 Å². The van der Waals surface area contributed by atoms with Crippen LogP contribution in [0, 0.1) is 6.20 Å². The maximum Gasteiger partial charge on any atom is 0.203 e. The van der Waals surface area contributed by atoms with Gasteiger partial charge in [0.15, 0.2) is 0 Å². The Balaban J connectivity index is 2.75. The van der Waals surface area contributed by atoms with Crippen LogP contribution in [0.2, 0.25) is 0 Å². The fourth-order valence-electron chi connectivity index (χ4n) is 1.07. The smallest absolute Gasteiger partial charge is 0.203 e. The van der Waals surface area contributed by atoms with Crippen molar-refractivity contribution in [1.29, 1.82) is 0 Å². The first-order chi connectivity index (χ1) is 5.70. The van der Waals surface area contributed by atoms with E-state index in [4.69, 9.17) is 0 Å². The topological polar surface area (TPSA) is 46.2 Å². The highest BCUT2D eigenvalue weighted by Gasteiger charge is 2.17. The summed E-state index contributed by atoms with van der Waals surface area (Å²) in [6, 6.07) is 6.73. The number of hydrogen-bond donors (Lipinski definition) is 1. The van der Waals surface area contributed by atoms with Gasteiger partial charge in [-0.2, -0.15) is 0 Å². The average molecular weight is 180 g/mol. The number of fused-ring (bicyclic) bond motifs is 1. The summed E-state index contributed by atoms with van der Waals surface area (Å²) in [5.41, 5.74) is 0.583. The molecule has 0 amide bonds. The summed E-state index contributed by atoms with van der Waals surface area (Å²) >= 11 is 0. The van der Waals surface area contributed by atoms with Gasteiger partial charge in [0, 0.05) is 0 Å². The molecule has 4 heteroatoms. The molecule has 0 unspecified atom stereocenters. The molecule has 0 bridgehead atoms. The van der Waals surface area contributed by atoms with Gasteiger partial charge >= 0.3 is 0 Å². The van der Waals surface area contributed by atoms with Crippen LogP contribution in [-0.2, 0) is 9.84 Å². The van der Waals surface area contributed by atoms with E-state index in [1.165, 1.54) is 0 Å². The molecule has 1 aliphatic heterocycles. The highest BCUT2D eigenvalue weighted by molar-refractivity contribution is 7.94. The lowest BCUT2D eigenvalue weighted by atomic mass is 10.3. The van der Waals surface area contributed by atoms with Crippen LogP contribution in [0.15, 0.2) is 34.6 Å². The standard InChI is InChI=1S/C8H6NO2S/c10-12(11)6-5-9-7-3-1-2-4-8(7)12/h1-4,6,9H. The van der Waals surface area contributed by atoms with Crippen LogP contribution in [-0.4, -0.2) is 8.42 Å². The van der Waals surface area contributed by atoms with E-state index in [0.29, 0.717) is 10.6 Å². The van der Waals surface area contributed by atoms with Crippen molar-refractivity contribution >= 4 is 15.5 Å². The molecular formula is C8H6NO2S. The van der Waals surface area contributed by atoms with Crippen LogP contribution in [0.5, 0.6) is 0 Å². The quantitative estimate of drug-likeness (QED) is 0.651. The lowest BCUT2D eigenvalue weighted by molar-refractivity contribution is 0.604. The zero-order valence-electron chi connectivity index (χ0n) is 6.11. The number of para-hydroxylation sites is 1. The van der Waals surface area contributed by atoms with Crippen molar-refractivity contribution in [3.05, 3.63) is 35.9 Å². The zero-order chi connectivity index (χ0) is 8.60. The molecular weight excluding hydrogens is 174 g/mol. The molecule has 0 saturated carbocycles. The first-order valence-electron chi connectivity index (χ1n) is 3.39. The summed E-state index contributed by atoms with van der Waals surface area (Å²) in [4.78, 5) is 0.309. The van der Waals surface area contributed by atoms with E-state index in [0.717, 1.165) is 5.41 Å². The molecule has 1 aromatic rings. The second-order valence-electron chi connectivity index (χ2n) is 2.43. The van der Waals surface area contributed by atoms with Gasteiger partial charge < -0.3 is 5.32 Å². The van der Waals surface area contributed by atoms with Crippen molar-refractivity contribution < 1.29 is 8.42 Å². The zero-order valence-corrected chi connectivity index (χ0v) is 6.93. The molecule has 1 heterocycles. The Morgan fingerprint density at radius 3 is 2.75 bits per heavy atom. The average Bonchev–Trinajstić information content (AvgIpc) is 2.04. The Bertz CT molecular complexity index is 434. The van der Waals surface area contributed by atoms with Crippen molar-refractivity contribution in [2.75, 3.05) is 5.32 Å². The minimum Gasteiger partial charge on any atom is -0.352 e. The normalized spacial score (nSPS) is 18.0. The summed E-state index contributed by atoms with van der Waals surface area (Å²) in [6.07, 6.45) is 2.47. The van der Waals surface area contributed by atoms with Gasteiger partial charge in [0.05, 0.1) is 22.2 Å². The molecule has 2 rings (SSSR count). The number of anilines is 1. The molecule has 1 radical (unpaired) electrons. The van der Waals surface area contributed by atoms with Crippen molar-refractivity contribution in [2.45, 2.75) is 4.90 Å². The molecule has 61 valence electrons. The van der Waals surface area contributed by atoms with E-state index < -0.39 is 9.84 Å². The number of sulfone groups is 1. The fourth-order valence-corrected chi connectivity index (χ4v) is 2.10. The van der Waals surface area contributed by atoms with Crippen molar-refractivity contribution in [1.82, 2.24) is 0 Å². The largest absolute Gasteiger partial charge is 0.352 e. The summed E-state index contributed by atoms with van der Waals surface area (Å²) in [6.45, 7) is 0. The Morgan fingerprint density at radius 2 is 2.00 bits per heavy atom. The minimum absolute atomic E-state index is 0.309. The fraction of sp³-hybridized carbons (Fsp3) is 0. The number of nitrogens with one attached hydrogen (secondary N) is 1. The Hall–Kier alpha value is -1.29. The monoisotopic (exact) mass is 180 g/mol. The van der Waals surface area contributed by atoms with Crippen LogP contribution < -0.4 is 5.32 Å². The molecule has 0 atom stereocenters. The van der Waals surface area contributed by atoms with Gasteiger partial charge in [-0.25, -0.2) is 8.42 Å². The molecule has 0 saturated heterocycles. The summed E-state index contributed by atoms with van der Waals surface area (Å²) in [5.74, 6) is 0. The third-order valence-corrected chi connectivity index (χ3v) is 3.01. The van der Waals surface area contributed by atoms with Gasteiger partial charge in [-0.15, -0.1) is 0 Å². The molecule has 0 spiro atoms. The third kappa shape index (κ3) is 1.00. The summed E-state index contributed by atoms with van der Waals surface area (Å²) in [5, 5.41) is 3.77. The van der Waals surface area contributed by atoms with E-state index in [1.807, 2.05) is 0 Å². The predicted molar refractivity (Wildman–Crippen MR) is 45.1 cm³/mol. The van der Waals surface area contributed by atoms with E-state index in [9.17, 15) is 8.42 Å². The molecule has 0 aromatic heterocycles. The van der Waals surface area contributed by atoms with E-state index in [1.54, 1.807) is 24.3 Å². The van der Waals surface area contributed by atoms with Crippen LogP contribution in [0.1, 0.15) is 0 Å². The van der Waals surface area contributed by atoms with Crippen molar-refractivity contribution in [3.63, 3.8) is 0 Å². The molecule has 12 heavy (non-hydrogen) atoms. The van der Waals surface area contributed by atoms with Crippen LogP contribution in [0.4, 0.5) is 5.69 Å². The Labute approximate surface area is 70.6 Å². The maximum absolute atomic E-state index is 11.3. The number of benzene rings is 1. The Kier molecular flexibility index (Phi) is 1.44. The maximum atomic E-state index is 11.3. The first-order valence-corrected chi connectivity index (χ1v) is 4.94. The van der Waals surface area contributed by atoms with E-state index in [-0.39, 0.29) is 0 Å². The van der Waals surface area contributed by atoms with Gasteiger partial charge in [0.25, 0.3) is 0 Å². The van der Waals surface area contributed by atoms with Gasteiger partial charge in [0.2, 0.25) is 9.84 Å². The highest BCUT2D eigenvalue weighted by atomic mass is 32.2. The Morgan fingerprint density at radius 1 is 1.25 bits per heavy atom. The third-order valence-electron chi connectivity index (χ3n) is 1.61. The molecule has 1 aromatic carbocycles. The molecule has 0 aliphatic carbocycles. The number of rotatable bonds is 0. The van der Waals surface area contributed by atoms with Crippen LogP contribution in [0.3, 0.4) is 0 Å². The lowest BCUT2D eigenvalue weighted by Gasteiger charge is -2.10. The van der Waals surface area contributed by atoms with Crippen molar-refractivity contribution in [3.8, 4) is 0 Å². The molecule has 0 fully saturated rings. The van der Waals surface area contributed by atoms with Crippen molar-refractivity contribution in [2.24, 2.45) is 0 Å². The SMILES string of the molecule is O=S1(=O)C=[C]Nc2ccccc21. The minimum atomic E-state index is -3.24. The molecule has 3 nitrogen and oxygen atoms in total. The molecule has 1 aliphatic rings.